The first-order valence-corrected chi connectivity index (χ1v) is 10.1. The van der Waals surface area contributed by atoms with Crippen molar-refractivity contribution in [2.75, 3.05) is 19.8 Å². The Bertz CT molecular complexity index is 752. The molecule has 30 heavy (non-hydrogen) atoms. The van der Waals surface area contributed by atoms with Crippen molar-refractivity contribution >= 4 is 24.2 Å². The lowest BCUT2D eigenvalue weighted by Gasteiger charge is -2.30. The van der Waals surface area contributed by atoms with Crippen LogP contribution in [0.1, 0.15) is 24.8 Å². The van der Waals surface area contributed by atoms with Crippen LogP contribution in [0.15, 0.2) is 30.3 Å². The molecule has 2 fully saturated rings. The van der Waals surface area contributed by atoms with E-state index in [9.17, 15) is 19.2 Å². The van der Waals surface area contributed by atoms with E-state index in [1.165, 1.54) is 0 Å². The lowest BCUT2D eigenvalue weighted by atomic mass is 9.96. The minimum Gasteiger partial charge on any atom is -0.445 e. The Morgan fingerprint density at radius 1 is 1.20 bits per heavy atom. The standard InChI is InChI=1S/C21H27N3O6/c25-10-17(9-16-6-7-22-19(16)26)23-20(27)18(8-15-11-29-12-15)24-21(28)30-13-14-4-2-1-3-5-14/h1-5,10,15-18H,6-9,11-13H2,(H,22,26)(H,23,27)(H,24,28)/t16-,17-,18-/m0/s1. The Balaban J connectivity index is 1.54. The summed E-state index contributed by atoms with van der Waals surface area (Å²) in [7, 11) is 0. The van der Waals surface area contributed by atoms with Crippen molar-refractivity contribution in [2.45, 2.75) is 38.0 Å². The van der Waals surface area contributed by atoms with Crippen LogP contribution in [-0.4, -0.2) is 56.0 Å². The molecule has 9 heteroatoms. The molecule has 0 radical (unpaired) electrons. The molecule has 1 aromatic rings. The number of alkyl carbamates (subject to hydrolysis) is 1. The summed E-state index contributed by atoms with van der Waals surface area (Å²) >= 11 is 0. The number of carbonyl (C=O) groups is 4. The molecular weight excluding hydrogens is 390 g/mol. The summed E-state index contributed by atoms with van der Waals surface area (Å²) in [5.74, 6) is -0.746. The van der Waals surface area contributed by atoms with Crippen LogP contribution in [0.2, 0.25) is 0 Å². The predicted octanol–water partition coefficient (Wildman–Crippen LogP) is 0.528. The first-order chi connectivity index (χ1) is 14.5. The van der Waals surface area contributed by atoms with Crippen LogP contribution in [0.4, 0.5) is 4.79 Å². The highest BCUT2D eigenvalue weighted by atomic mass is 16.5. The molecule has 162 valence electrons. The smallest absolute Gasteiger partial charge is 0.408 e. The van der Waals surface area contributed by atoms with Gasteiger partial charge < -0.3 is 30.2 Å². The monoisotopic (exact) mass is 417 g/mol. The molecule has 9 nitrogen and oxygen atoms in total. The van der Waals surface area contributed by atoms with E-state index in [2.05, 4.69) is 16.0 Å². The Kier molecular flexibility index (Phi) is 7.78. The average Bonchev–Trinajstić information content (AvgIpc) is 3.12. The van der Waals surface area contributed by atoms with Crippen LogP contribution >= 0.6 is 0 Å². The summed E-state index contributed by atoms with van der Waals surface area (Å²) in [6.07, 6.45) is 1.16. The van der Waals surface area contributed by atoms with Crippen molar-refractivity contribution in [1.82, 2.24) is 16.0 Å². The SMILES string of the molecule is O=C[C@H](C[C@@H]1CCNC1=O)NC(=O)[C@H](CC1COC1)NC(=O)OCc1ccccc1. The topological polar surface area (TPSA) is 123 Å². The number of rotatable bonds is 10. The van der Waals surface area contributed by atoms with Gasteiger partial charge in [0.15, 0.2) is 0 Å². The summed E-state index contributed by atoms with van der Waals surface area (Å²) < 4.78 is 10.4. The molecule has 0 spiro atoms. The lowest BCUT2D eigenvalue weighted by Crippen LogP contribution is -2.52. The number of hydrogen-bond acceptors (Lipinski definition) is 6. The molecule has 0 saturated carbocycles. The van der Waals surface area contributed by atoms with E-state index in [1.54, 1.807) is 0 Å². The van der Waals surface area contributed by atoms with Crippen molar-refractivity contribution in [2.24, 2.45) is 11.8 Å². The number of amides is 3. The van der Waals surface area contributed by atoms with Crippen LogP contribution in [-0.2, 0) is 30.5 Å². The van der Waals surface area contributed by atoms with Gasteiger partial charge in [-0.05, 0) is 24.8 Å². The molecule has 2 heterocycles. The van der Waals surface area contributed by atoms with Gasteiger partial charge in [0.1, 0.15) is 18.9 Å². The van der Waals surface area contributed by atoms with E-state index >= 15 is 0 Å². The number of nitrogens with one attached hydrogen (secondary N) is 3. The predicted molar refractivity (Wildman–Crippen MR) is 106 cm³/mol. The molecule has 2 aliphatic rings. The first kappa shape index (κ1) is 21.8. The van der Waals surface area contributed by atoms with Gasteiger partial charge in [-0.15, -0.1) is 0 Å². The maximum absolute atomic E-state index is 12.8. The van der Waals surface area contributed by atoms with Gasteiger partial charge in [0.25, 0.3) is 0 Å². The van der Waals surface area contributed by atoms with Gasteiger partial charge in [0.2, 0.25) is 11.8 Å². The molecule has 3 N–H and O–H groups in total. The van der Waals surface area contributed by atoms with Gasteiger partial charge >= 0.3 is 6.09 Å². The van der Waals surface area contributed by atoms with Gasteiger partial charge in [-0.3, -0.25) is 9.59 Å². The summed E-state index contributed by atoms with van der Waals surface area (Å²) in [6.45, 7) is 1.69. The van der Waals surface area contributed by atoms with Crippen molar-refractivity contribution in [3.8, 4) is 0 Å². The van der Waals surface area contributed by atoms with E-state index in [-0.39, 0.29) is 30.8 Å². The quantitative estimate of drug-likeness (QED) is 0.477. The molecule has 3 rings (SSSR count). The second kappa shape index (κ2) is 10.7. The molecule has 2 aliphatic heterocycles. The summed E-state index contributed by atoms with van der Waals surface area (Å²) in [4.78, 5) is 48.2. The van der Waals surface area contributed by atoms with Gasteiger partial charge in [-0.2, -0.15) is 0 Å². The zero-order valence-electron chi connectivity index (χ0n) is 16.7. The average molecular weight is 417 g/mol. The van der Waals surface area contributed by atoms with Crippen LogP contribution in [0.25, 0.3) is 0 Å². The molecular formula is C21H27N3O6. The Morgan fingerprint density at radius 2 is 1.97 bits per heavy atom. The third-order valence-corrected chi connectivity index (χ3v) is 5.29. The van der Waals surface area contributed by atoms with E-state index in [0.29, 0.717) is 38.9 Å². The maximum Gasteiger partial charge on any atom is 0.408 e. The third-order valence-electron chi connectivity index (χ3n) is 5.29. The van der Waals surface area contributed by atoms with E-state index in [4.69, 9.17) is 9.47 Å². The highest BCUT2D eigenvalue weighted by Gasteiger charge is 2.32. The number of benzene rings is 1. The zero-order chi connectivity index (χ0) is 21.3. The summed E-state index contributed by atoms with van der Waals surface area (Å²) in [5, 5.41) is 7.96. The van der Waals surface area contributed by atoms with E-state index < -0.39 is 24.1 Å². The summed E-state index contributed by atoms with van der Waals surface area (Å²) in [5.41, 5.74) is 0.830. The fourth-order valence-electron chi connectivity index (χ4n) is 3.50. The zero-order valence-corrected chi connectivity index (χ0v) is 16.7. The molecule has 0 unspecified atom stereocenters. The second-order valence-corrected chi connectivity index (χ2v) is 7.66. The number of carbonyl (C=O) groups excluding carboxylic acids is 4. The van der Waals surface area contributed by atoms with Gasteiger partial charge in [0.05, 0.1) is 19.3 Å². The van der Waals surface area contributed by atoms with Crippen molar-refractivity contribution in [3.63, 3.8) is 0 Å². The highest BCUT2D eigenvalue weighted by molar-refractivity contribution is 5.88. The fraction of sp³-hybridized carbons (Fsp3) is 0.524. The van der Waals surface area contributed by atoms with Crippen LogP contribution in [0.5, 0.6) is 0 Å². The third kappa shape index (κ3) is 6.28. The minimum absolute atomic E-state index is 0.0846. The molecule has 2 saturated heterocycles. The largest absolute Gasteiger partial charge is 0.445 e. The van der Waals surface area contributed by atoms with Crippen LogP contribution in [0, 0.1) is 11.8 Å². The normalized spacial score (nSPS) is 20.4. The van der Waals surface area contributed by atoms with E-state index in [1.807, 2.05) is 30.3 Å². The number of hydrogen-bond donors (Lipinski definition) is 3. The van der Waals surface area contributed by atoms with Crippen LogP contribution in [0.3, 0.4) is 0 Å². The molecule has 1 aromatic carbocycles. The fourth-order valence-corrected chi connectivity index (χ4v) is 3.50. The molecule has 0 bridgehead atoms. The molecule has 0 aliphatic carbocycles. The number of ether oxygens (including phenoxy) is 2. The lowest BCUT2D eigenvalue weighted by molar-refractivity contribution is -0.128. The Hall–Kier alpha value is -2.94. The maximum atomic E-state index is 12.8. The Labute approximate surface area is 174 Å². The van der Waals surface area contributed by atoms with Crippen molar-refractivity contribution in [3.05, 3.63) is 35.9 Å². The van der Waals surface area contributed by atoms with Crippen LogP contribution < -0.4 is 16.0 Å². The van der Waals surface area contributed by atoms with Crippen molar-refractivity contribution in [1.29, 1.82) is 0 Å². The van der Waals surface area contributed by atoms with Gasteiger partial charge in [0, 0.05) is 18.4 Å². The second-order valence-electron chi connectivity index (χ2n) is 7.66. The van der Waals surface area contributed by atoms with Crippen molar-refractivity contribution < 1.29 is 28.7 Å². The molecule has 0 aromatic heterocycles. The minimum atomic E-state index is -0.859. The highest BCUT2D eigenvalue weighted by Crippen LogP contribution is 2.18. The molecule has 3 atom stereocenters. The summed E-state index contributed by atoms with van der Waals surface area (Å²) in [6, 6.07) is 7.55. The van der Waals surface area contributed by atoms with Gasteiger partial charge in [-0.25, -0.2) is 4.79 Å². The Morgan fingerprint density at radius 3 is 2.57 bits per heavy atom. The first-order valence-electron chi connectivity index (χ1n) is 10.1. The number of aldehydes is 1. The van der Waals surface area contributed by atoms with Gasteiger partial charge in [-0.1, -0.05) is 30.3 Å². The van der Waals surface area contributed by atoms with E-state index in [0.717, 1.165) is 5.56 Å². The molecule has 3 amide bonds.